The summed E-state index contributed by atoms with van der Waals surface area (Å²) in [5, 5.41) is 11.9. The molecular weight excluding hydrogens is 358 g/mol. The number of benzene rings is 2. The van der Waals surface area contributed by atoms with Crippen LogP contribution in [0.25, 0.3) is 11.3 Å². The Labute approximate surface area is 163 Å². The van der Waals surface area contributed by atoms with Crippen molar-refractivity contribution in [3.05, 3.63) is 65.4 Å². The third kappa shape index (κ3) is 4.72. The number of methoxy groups -OCH3 is 1. The molecule has 1 amide bonds. The van der Waals surface area contributed by atoms with Crippen molar-refractivity contribution in [2.75, 3.05) is 19.0 Å². The van der Waals surface area contributed by atoms with E-state index in [1.807, 2.05) is 32.0 Å². The average Bonchev–Trinajstić information content (AvgIpc) is 3.14. The number of carbonyl (C=O) groups is 1. The van der Waals surface area contributed by atoms with Crippen molar-refractivity contribution in [3.8, 4) is 22.8 Å². The summed E-state index contributed by atoms with van der Waals surface area (Å²) in [6, 6.07) is 14.6. The highest BCUT2D eigenvalue weighted by Gasteiger charge is 2.12. The smallest absolute Gasteiger partial charge is 0.262 e. The molecule has 0 aliphatic carbocycles. The van der Waals surface area contributed by atoms with Crippen LogP contribution in [0.3, 0.4) is 0 Å². The molecule has 1 heterocycles. The summed E-state index contributed by atoms with van der Waals surface area (Å²) in [6.45, 7) is 3.70. The van der Waals surface area contributed by atoms with Gasteiger partial charge in [0.05, 0.1) is 12.7 Å². The number of aliphatic hydroxyl groups is 1. The van der Waals surface area contributed by atoms with Gasteiger partial charge in [0, 0.05) is 11.8 Å². The number of nitrogens with one attached hydrogen (secondary N) is 1. The second-order valence-electron chi connectivity index (χ2n) is 6.50. The third-order valence-corrected chi connectivity index (χ3v) is 4.13. The van der Waals surface area contributed by atoms with Crippen LogP contribution in [0, 0.1) is 13.8 Å². The molecule has 0 unspecified atom stereocenters. The maximum Gasteiger partial charge on any atom is 0.262 e. The van der Waals surface area contributed by atoms with Crippen LogP contribution in [0.2, 0.25) is 0 Å². The van der Waals surface area contributed by atoms with Gasteiger partial charge in [-0.3, -0.25) is 4.79 Å². The van der Waals surface area contributed by atoms with Crippen LogP contribution in [0.5, 0.6) is 11.5 Å². The minimum absolute atomic E-state index is 0.0923. The highest BCUT2D eigenvalue weighted by Crippen LogP contribution is 2.33. The number of hydrogen-bond donors (Lipinski definition) is 2. The minimum Gasteiger partial charge on any atom is -0.496 e. The zero-order valence-corrected chi connectivity index (χ0v) is 16.1. The number of hydrogen-bond acceptors (Lipinski definition) is 5. The molecule has 0 saturated carbocycles. The number of aryl methyl sites for hydroxylation is 2. The minimum atomic E-state index is -0.269. The zero-order valence-electron chi connectivity index (χ0n) is 16.1. The molecule has 2 aromatic carbocycles. The molecule has 1 aromatic heterocycles. The molecule has 6 nitrogen and oxygen atoms in total. The molecule has 0 radical (unpaired) electrons. The average molecular weight is 381 g/mol. The van der Waals surface area contributed by atoms with Crippen LogP contribution in [0.4, 0.5) is 5.69 Å². The van der Waals surface area contributed by atoms with E-state index in [2.05, 4.69) is 5.32 Å². The van der Waals surface area contributed by atoms with E-state index in [-0.39, 0.29) is 19.1 Å². The van der Waals surface area contributed by atoms with Crippen molar-refractivity contribution in [3.63, 3.8) is 0 Å². The van der Waals surface area contributed by atoms with Gasteiger partial charge in [-0.25, -0.2) is 0 Å². The van der Waals surface area contributed by atoms with E-state index in [0.29, 0.717) is 28.7 Å². The first-order chi connectivity index (χ1) is 13.5. The Bertz CT molecular complexity index is 957. The van der Waals surface area contributed by atoms with Crippen molar-refractivity contribution in [2.24, 2.45) is 0 Å². The Morgan fingerprint density at radius 3 is 2.46 bits per heavy atom. The van der Waals surface area contributed by atoms with E-state index >= 15 is 0 Å². The maximum absolute atomic E-state index is 12.2. The predicted molar refractivity (Wildman–Crippen MR) is 107 cm³/mol. The molecule has 6 heteroatoms. The fourth-order valence-corrected chi connectivity index (χ4v) is 2.94. The monoisotopic (exact) mass is 381 g/mol. The molecular formula is C22H23NO5. The Hall–Kier alpha value is -3.25. The van der Waals surface area contributed by atoms with Crippen molar-refractivity contribution < 1.29 is 23.8 Å². The normalized spacial score (nSPS) is 10.6. The first kappa shape index (κ1) is 19.5. The van der Waals surface area contributed by atoms with Crippen molar-refractivity contribution in [1.82, 2.24) is 0 Å². The summed E-state index contributed by atoms with van der Waals surface area (Å²) < 4.78 is 16.6. The molecule has 0 saturated heterocycles. The molecule has 3 rings (SSSR count). The molecule has 0 aliphatic heterocycles. The summed E-state index contributed by atoms with van der Waals surface area (Å²) >= 11 is 0. The van der Waals surface area contributed by atoms with Crippen LogP contribution in [-0.2, 0) is 11.4 Å². The molecule has 0 aliphatic rings. The van der Waals surface area contributed by atoms with Gasteiger partial charge < -0.3 is 24.3 Å². The topological polar surface area (TPSA) is 80.9 Å². The van der Waals surface area contributed by atoms with Crippen LogP contribution in [0.1, 0.15) is 16.9 Å². The summed E-state index contributed by atoms with van der Waals surface area (Å²) in [7, 11) is 1.55. The highest BCUT2D eigenvalue weighted by molar-refractivity contribution is 5.92. The molecule has 28 heavy (non-hydrogen) atoms. The Kier molecular flexibility index (Phi) is 6.01. The number of anilines is 1. The van der Waals surface area contributed by atoms with Crippen LogP contribution in [-0.4, -0.2) is 24.7 Å². The van der Waals surface area contributed by atoms with Gasteiger partial charge in [-0.1, -0.05) is 6.07 Å². The van der Waals surface area contributed by atoms with Gasteiger partial charge in [0.25, 0.3) is 5.91 Å². The number of amides is 1. The lowest BCUT2D eigenvalue weighted by Crippen LogP contribution is -2.20. The summed E-state index contributed by atoms with van der Waals surface area (Å²) in [5.74, 6) is 1.99. The quantitative estimate of drug-likeness (QED) is 0.644. The first-order valence-electron chi connectivity index (χ1n) is 8.87. The SMILES string of the molecule is COc1cc(NC(=O)COc2cc(C)cc(C)c2)ccc1-c1ccc(CO)o1. The van der Waals surface area contributed by atoms with Gasteiger partial charge >= 0.3 is 0 Å². The Morgan fingerprint density at radius 1 is 1.07 bits per heavy atom. The van der Waals surface area contributed by atoms with Gasteiger partial charge in [-0.2, -0.15) is 0 Å². The van der Waals surface area contributed by atoms with Gasteiger partial charge in [-0.15, -0.1) is 0 Å². The van der Waals surface area contributed by atoms with Gasteiger partial charge in [0.2, 0.25) is 0 Å². The molecule has 2 N–H and O–H groups in total. The Morgan fingerprint density at radius 2 is 1.82 bits per heavy atom. The third-order valence-electron chi connectivity index (χ3n) is 4.13. The van der Waals surface area contributed by atoms with Gasteiger partial charge in [0.1, 0.15) is 29.6 Å². The van der Waals surface area contributed by atoms with E-state index in [1.54, 1.807) is 37.4 Å². The molecule has 146 valence electrons. The zero-order chi connectivity index (χ0) is 20.1. The number of furan rings is 1. The maximum atomic E-state index is 12.2. The molecule has 0 spiro atoms. The standard InChI is InChI=1S/C22H23NO5/c1-14-8-15(2)10-18(9-14)27-13-22(25)23-16-4-6-19(21(11-16)26-3)20-7-5-17(12-24)28-20/h4-11,24H,12-13H2,1-3H3,(H,23,25). The number of aliphatic hydroxyl groups excluding tert-OH is 1. The summed E-state index contributed by atoms with van der Waals surface area (Å²) in [6.07, 6.45) is 0. The van der Waals surface area contributed by atoms with E-state index in [9.17, 15) is 4.79 Å². The molecule has 0 fully saturated rings. The van der Waals surface area contributed by atoms with Crippen molar-refractivity contribution in [2.45, 2.75) is 20.5 Å². The second-order valence-corrected chi connectivity index (χ2v) is 6.50. The lowest BCUT2D eigenvalue weighted by Gasteiger charge is -2.11. The van der Waals surface area contributed by atoms with Crippen molar-refractivity contribution >= 4 is 11.6 Å². The van der Waals surface area contributed by atoms with Crippen LogP contribution < -0.4 is 14.8 Å². The number of carbonyl (C=O) groups excluding carboxylic acids is 1. The van der Waals surface area contributed by atoms with Gasteiger partial charge in [-0.05, 0) is 61.4 Å². The van der Waals surface area contributed by atoms with Gasteiger partial charge in [0.15, 0.2) is 6.61 Å². The molecule has 0 bridgehead atoms. The molecule has 3 aromatic rings. The van der Waals surface area contributed by atoms with E-state index in [0.717, 1.165) is 16.7 Å². The molecule has 0 atom stereocenters. The second kappa shape index (κ2) is 8.63. The van der Waals surface area contributed by atoms with Crippen LogP contribution in [0.15, 0.2) is 52.9 Å². The largest absolute Gasteiger partial charge is 0.496 e. The van der Waals surface area contributed by atoms with Crippen molar-refractivity contribution in [1.29, 1.82) is 0 Å². The predicted octanol–water partition coefficient (Wildman–Crippen LogP) is 4.08. The lowest BCUT2D eigenvalue weighted by atomic mass is 10.1. The lowest BCUT2D eigenvalue weighted by molar-refractivity contribution is -0.118. The number of rotatable bonds is 7. The fraction of sp³-hybridized carbons (Fsp3) is 0.227. The van der Waals surface area contributed by atoms with E-state index < -0.39 is 0 Å². The Balaban J connectivity index is 1.67. The first-order valence-corrected chi connectivity index (χ1v) is 8.87. The highest BCUT2D eigenvalue weighted by atomic mass is 16.5. The van der Waals surface area contributed by atoms with Crippen LogP contribution >= 0.6 is 0 Å². The fourth-order valence-electron chi connectivity index (χ4n) is 2.94. The van der Waals surface area contributed by atoms with E-state index in [1.165, 1.54) is 0 Å². The summed E-state index contributed by atoms with van der Waals surface area (Å²) in [5.41, 5.74) is 3.48. The van der Waals surface area contributed by atoms with E-state index in [4.69, 9.17) is 19.0 Å². The number of ether oxygens (including phenoxy) is 2. The summed E-state index contributed by atoms with van der Waals surface area (Å²) in [4.78, 5) is 12.2.